The Bertz CT molecular complexity index is 1400. The molecule has 0 aliphatic heterocycles. The highest BCUT2D eigenvalue weighted by molar-refractivity contribution is 7.21. The first-order valence-electron chi connectivity index (χ1n) is 10.1. The second-order valence-electron chi connectivity index (χ2n) is 7.32. The Morgan fingerprint density at radius 3 is 2.62 bits per heavy atom. The summed E-state index contributed by atoms with van der Waals surface area (Å²) >= 11 is 1.67. The SMILES string of the molecule is Cc1ccc2nc(-c3ccc(NC(=O)c4cccc(Oc5ccccn5)c4)cc3)sc2c1. The molecular weight excluding hydrogens is 418 g/mol. The predicted molar refractivity (Wildman–Crippen MR) is 128 cm³/mol. The second-order valence-corrected chi connectivity index (χ2v) is 8.35. The van der Waals surface area contributed by atoms with E-state index in [1.54, 1.807) is 47.9 Å². The van der Waals surface area contributed by atoms with Crippen molar-refractivity contribution in [3.05, 3.63) is 102 Å². The number of amides is 1. The first-order chi connectivity index (χ1) is 15.6. The molecular formula is C26H19N3O2S. The molecule has 1 amide bonds. The predicted octanol–water partition coefficient (Wildman–Crippen LogP) is 6.71. The fourth-order valence-corrected chi connectivity index (χ4v) is 4.35. The number of aryl methyl sites for hydroxylation is 1. The maximum absolute atomic E-state index is 12.7. The lowest BCUT2D eigenvalue weighted by Gasteiger charge is -2.08. The van der Waals surface area contributed by atoms with E-state index in [0.717, 1.165) is 16.1 Å². The fourth-order valence-electron chi connectivity index (χ4n) is 3.28. The van der Waals surface area contributed by atoms with E-state index in [2.05, 4.69) is 29.4 Å². The number of nitrogens with zero attached hydrogens (tertiary/aromatic N) is 2. The lowest BCUT2D eigenvalue weighted by molar-refractivity contribution is 0.102. The maximum Gasteiger partial charge on any atom is 0.255 e. The van der Waals surface area contributed by atoms with Gasteiger partial charge in [0.15, 0.2) is 0 Å². The lowest BCUT2D eigenvalue weighted by Crippen LogP contribution is -2.11. The maximum atomic E-state index is 12.7. The number of pyridine rings is 1. The number of hydrogen-bond acceptors (Lipinski definition) is 5. The van der Waals surface area contributed by atoms with Gasteiger partial charge in [-0.3, -0.25) is 4.79 Å². The van der Waals surface area contributed by atoms with Gasteiger partial charge >= 0.3 is 0 Å². The zero-order chi connectivity index (χ0) is 21.9. The molecule has 156 valence electrons. The van der Waals surface area contributed by atoms with Crippen molar-refractivity contribution < 1.29 is 9.53 Å². The summed E-state index contributed by atoms with van der Waals surface area (Å²) in [5.74, 6) is 0.822. The van der Waals surface area contributed by atoms with Crippen molar-refractivity contribution in [3.8, 4) is 22.2 Å². The van der Waals surface area contributed by atoms with Crippen LogP contribution in [0.5, 0.6) is 11.6 Å². The van der Waals surface area contributed by atoms with Crippen LogP contribution in [0.3, 0.4) is 0 Å². The summed E-state index contributed by atoms with van der Waals surface area (Å²) in [6, 6.07) is 26.4. The molecule has 0 bridgehead atoms. The number of aromatic nitrogens is 2. The van der Waals surface area contributed by atoms with Gasteiger partial charge in [-0.1, -0.05) is 18.2 Å². The van der Waals surface area contributed by atoms with Gasteiger partial charge in [0.25, 0.3) is 5.91 Å². The van der Waals surface area contributed by atoms with Crippen molar-refractivity contribution in [3.63, 3.8) is 0 Å². The zero-order valence-electron chi connectivity index (χ0n) is 17.3. The number of carbonyl (C=O) groups is 1. The molecule has 2 aromatic heterocycles. The molecule has 0 spiro atoms. The summed E-state index contributed by atoms with van der Waals surface area (Å²) in [5.41, 5.74) is 4.46. The molecule has 5 nitrogen and oxygen atoms in total. The van der Waals surface area contributed by atoms with E-state index in [-0.39, 0.29) is 5.91 Å². The highest BCUT2D eigenvalue weighted by Crippen LogP contribution is 2.31. The highest BCUT2D eigenvalue weighted by atomic mass is 32.1. The van der Waals surface area contributed by atoms with Crippen LogP contribution in [0, 0.1) is 6.92 Å². The van der Waals surface area contributed by atoms with Crippen LogP contribution in [-0.2, 0) is 0 Å². The van der Waals surface area contributed by atoms with Crippen molar-refractivity contribution in [2.24, 2.45) is 0 Å². The minimum Gasteiger partial charge on any atom is -0.439 e. The molecule has 0 fully saturated rings. The van der Waals surface area contributed by atoms with Gasteiger partial charge in [-0.2, -0.15) is 0 Å². The van der Waals surface area contributed by atoms with Crippen LogP contribution in [0.2, 0.25) is 0 Å². The van der Waals surface area contributed by atoms with E-state index in [0.29, 0.717) is 22.9 Å². The van der Waals surface area contributed by atoms with Gasteiger partial charge in [-0.25, -0.2) is 9.97 Å². The normalized spacial score (nSPS) is 10.8. The number of anilines is 1. The minimum atomic E-state index is -0.209. The van der Waals surface area contributed by atoms with Gasteiger partial charge in [0.2, 0.25) is 5.88 Å². The summed E-state index contributed by atoms with van der Waals surface area (Å²) in [6.07, 6.45) is 1.66. The smallest absolute Gasteiger partial charge is 0.255 e. The molecule has 5 rings (SSSR count). The van der Waals surface area contributed by atoms with Crippen LogP contribution >= 0.6 is 11.3 Å². The Labute approximate surface area is 189 Å². The van der Waals surface area contributed by atoms with E-state index in [4.69, 9.17) is 9.72 Å². The first kappa shape index (κ1) is 19.9. The number of nitrogens with one attached hydrogen (secondary N) is 1. The zero-order valence-corrected chi connectivity index (χ0v) is 18.1. The summed E-state index contributed by atoms with van der Waals surface area (Å²) in [5, 5.41) is 3.90. The second kappa shape index (κ2) is 8.61. The first-order valence-corrected chi connectivity index (χ1v) is 10.9. The molecule has 5 aromatic rings. The molecule has 0 aliphatic rings. The average molecular weight is 438 g/mol. The topological polar surface area (TPSA) is 64.1 Å². The highest BCUT2D eigenvalue weighted by Gasteiger charge is 2.10. The third-order valence-corrected chi connectivity index (χ3v) is 5.96. The summed E-state index contributed by atoms with van der Waals surface area (Å²) in [7, 11) is 0. The van der Waals surface area contributed by atoms with Crippen LogP contribution in [0.15, 0.2) is 91.1 Å². The Hall–Kier alpha value is -4.03. The molecule has 1 N–H and O–H groups in total. The fraction of sp³-hybridized carbons (Fsp3) is 0.0385. The summed E-state index contributed by atoms with van der Waals surface area (Å²) in [4.78, 5) is 21.6. The Balaban J connectivity index is 1.30. The molecule has 0 saturated heterocycles. The van der Waals surface area contributed by atoms with Gasteiger partial charge in [0.1, 0.15) is 10.8 Å². The number of carbonyl (C=O) groups excluding carboxylic acids is 1. The third kappa shape index (κ3) is 4.36. The number of rotatable bonds is 5. The van der Waals surface area contributed by atoms with Gasteiger partial charge in [0, 0.05) is 29.1 Å². The average Bonchev–Trinajstić information content (AvgIpc) is 3.23. The van der Waals surface area contributed by atoms with E-state index < -0.39 is 0 Å². The van der Waals surface area contributed by atoms with Crippen LogP contribution in [0.25, 0.3) is 20.8 Å². The van der Waals surface area contributed by atoms with Crippen molar-refractivity contribution in [1.29, 1.82) is 0 Å². The van der Waals surface area contributed by atoms with Crippen molar-refractivity contribution >= 4 is 33.1 Å². The number of hydrogen-bond donors (Lipinski definition) is 1. The Kier molecular flexibility index (Phi) is 5.35. The third-order valence-electron chi connectivity index (χ3n) is 4.89. The minimum absolute atomic E-state index is 0.209. The van der Waals surface area contributed by atoms with E-state index in [1.165, 1.54) is 10.3 Å². The molecule has 2 heterocycles. The largest absolute Gasteiger partial charge is 0.439 e. The van der Waals surface area contributed by atoms with Gasteiger partial charge < -0.3 is 10.1 Å². The number of ether oxygens (including phenoxy) is 1. The van der Waals surface area contributed by atoms with Crippen LogP contribution in [0.1, 0.15) is 15.9 Å². The van der Waals surface area contributed by atoms with Crippen molar-refractivity contribution in [2.75, 3.05) is 5.32 Å². The molecule has 0 saturated carbocycles. The lowest BCUT2D eigenvalue weighted by atomic mass is 10.1. The van der Waals surface area contributed by atoms with E-state index >= 15 is 0 Å². The molecule has 0 radical (unpaired) electrons. The molecule has 32 heavy (non-hydrogen) atoms. The van der Waals surface area contributed by atoms with Gasteiger partial charge in [0.05, 0.1) is 10.2 Å². The Morgan fingerprint density at radius 2 is 1.81 bits per heavy atom. The molecule has 0 unspecified atom stereocenters. The van der Waals surface area contributed by atoms with Crippen LogP contribution < -0.4 is 10.1 Å². The monoisotopic (exact) mass is 437 g/mol. The van der Waals surface area contributed by atoms with Crippen molar-refractivity contribution in [1.82, 2.24) is 9.97 Å². The molecule has 0 atom stereocenters. The quantitative estimate of drug-likeness (QED) is 0.332. The van der Waals surface area contributed by atoms with Crippen LogP contribution in [0.4, 0.5) is 5.69 Å². The standard InChI is InChI=1S/C26H19N3O2S/c1-17-8-13-22-23(15-17)32-26(29-22)18-9-11-20(12-10-18)28-25(30)19-5-4-6-21(16-19)31-24-7-2-3-14-27-24/h2-16H,1H3,(H,28,30). The molecule has 3 aromatic carbocycles. The summed E-state index contributed by atoms with van der Waals surface area (Å²) in [6.45, 7) is 2.08. The van der Waals surface area contributed by atoms with Gasteiger partial charge in [-0.05, 0) is 73.2 Å². The van der Waals surface area contributed by atoms with Crippen LogP contribution in [-0.4, -0.2) is 15.9 Å². The van der Waals surface area contributed by atoms with E-state index in [9.17, 15) is 4.79 Å². The van der Waals surface area contributed by atoms with Gasteiger partial charge in [-0.15, -0.1) is 11.3 Å². The molecule has 6 heteroatoms. The Morgan fingerprint density at radius 1 is 0.938 bits per heavy atom. The number of fused-ring (bicyclic) bond motifs is 1. The number of benzene rings is 3. The van der Waals surface area contributed by atoms with E-state index in [1.807, 2.05) is 42.5 Å². The van der Waals surface area contributed by atoms with Crippen molar-refractivity contribution in [2.45, 2.75) is 6.92 Å². The number of thiazole rings is 1. The summed E-state index contributed by atoms with van der Waals surface area (Å²) < 4.78 is 6.89. The molecule has 0 aliphatic carbocycles.